The minimum Gasteiger partial charge on any atom is -0.494 e. The Balaban J connectivity index is 1.31. The van der Waals surface area contributed by atoms with Crippen molar-refractivity contribution < 1.29 is 45.4 Å². The van der Waals surface area contributed by atoms with Crippen molar-refractivity contribution >= 4 is 15.8 Å². The highest BCUT2D eigenvalue weighted by Crippen LogP contribution is 2.61. The molecule has 3 unspecified atom stereocenters. The Hall–Kier alpha value is -3.67. The van der Waals surface area contributed by atoms with Gasteiger partial charge in [0.05, 0.1) is 23.8 Å². The van der Waals surface area contributed by atoms with E-state index < -0.39 is 33.4 Å². The summed E-state index contributed by atoms with van der Waals surface area (Å²) >= 11 is 0. The van der Waals surface area contributed by atoms with Gasteiger partial charge in [0.15, 0.2) is 0 Å². The molecule has 212 valence electrons. The second-order valence-corrected chi connectivity index (χ2v) is 12.4. The second-order valence-electron chi connectivity index (χ2n) is 10.1. The van der Waals surface area contributed by atoms with Gasteiger partial charge < -0.3 is 14.6 Å². The number of benzene rings is 2. The van der Waals surface area contributed by atoms with Crippen LogP contribution in [0.5, 0.6) is 11.6 Å². The van der Waals surface area contributed by atoms with E-state index in [1.165, 1.54) is 24.3 Å². The fraction of sp³-hybridized carbons (Fsp3) is 0.357. The SMILES string of the molecule is CS(=O)(=O)CCCOc1ccc(-c2ccc(F)c(COc3cc4c(cn3)C3C(C4)C3C(=O)O)c2)c(C(F)(F)F)c1. The van der Waals surface area contributed by atoms with Gasteiger partial charge in [-0.25, -0.2) is 17.8 Å². The van der Waals surface area contributed by atoms with Crippen LogP contribution in [0.3, 0.4) is 0 Å². The first-order valence-corrected chi connectivity index (χ1v) is 14.5. The lowest BCUT2D eigenvalue weighted by molar-refractivity contribution is -0.139. The number of sulfone groups is 1. The van der Waals surface area contributed by atoms with Crippen molar-refractivity contribution in [1.29, 1.82) is 0 Å². The number of alkyl halides is 3. The number of carboxylic acid groups (broad SMARTS) is 1. The summed E-state index contributed by atoms with van der Waals surface area (Å²) in [5.41, 5.74) is 0.797. The van der Waals surface area contributed by atoms with Crippen LogP contribution in [0.2, 0.25) is 0 Å². The smallest absolute Gasteiger partial charge is 0.417 e. The summed E-state index contributed by atoms with van der Waals surface area (Å²) in [5.74, 6) is -1.87. The van der Waals surface area contributed by atoms with Crippen LogP contribution < -0.4 is 9.47 Å². The third-order valence-electron chi connectivity index (χ3n) is 7.22. The highest BCUT2D eigenvalue weighted by atomic mass is 32.2. The fourth-order valence-corrected chi connectivity index (χ4v) is 5.94. The lowest BCUT2D eigenvalue weighted by Crippen LogP contribution is -2.10. The lowest BCUT2D eigenvalue weighted by Gasteiger charge is -2.16. The second kappa shape index (κ2) is 10.4. The van der Waals surface area contributed by atoms with Crippen LogP contribution >= 0.6 is 0 Å². The van der Waals surface area contributed by atoms with Crippen LogP contribution in [0.25, 0.3) is 11.1 Å². The molecule has 1 aromatic heterocycles. The Bertz CT molecular complexity index is 1570. The fourth-order valence-electron chi connectivity index (χ4n) is 5.30. The summed E-state index contributed by atoms with van der Waals surface area (Å²) in [7, 11) is -3.22. The van der Waals surface area contributed by atoms with Crippen molar-refractivity contribution in [2.75, 3.05) is 18.6 Å². The van der Waals surface area contributed by atoms with Crippen LogP contribution in [0.15, 0.2) is 48.7 Å². The lowest BCUT2D eigenvalue weighted by atomic mass is 9.97. The number of halogens is 4. The quantitative estimate of drug-likeness (QED) is 0.258. The van der Waals surface area contributed by atoms with Crippen LogP contribution in [-0.4, -0.2) is 43.1 Å². The third-order valence-corrected chi connectivity index (χ3v) is 8.25. The molecule has 1 N–H and O–H groups in total. The van der Waals surface area contributed by atoms with Gasteiger partial charge in [-0.1, -0.05) is 12.1 Å². The molecule has 0 bridgehead atoms. The zero-order chi connectivity index (χ0) is 28.8. The number of pyridine rings is 1. The van der Waals surface area contributed by atoms with Crippen molar-refractivity contribution in [3.63, 3.8) is 0 Å². The maximum atomic E-state index is 14.6. The van der Waals surface area contributed by atoms with Gasteiger partial charge in [0.2, 0.25) is 5.88 Å². The van der Waals surface area contributed by atoms with E-state index in [-0.39, 0.29) is 71.5 Å². The molecule has 3 aromatic rings. The topological polar surface area (TPSA) is 103 Å². The molecule has 40 heavy (non-hydrogen) atoms. The molecule has 1 fully saturated rings. The molecule has 2 aromatic carbocycles. The minimum absolute atomic E-state index is 0.0304. The molecule has 2 aliphatic carbocycles. The largest absolute Gasteiger partial charge is 0.494 e. The average Bonchev–Trinajstić information content (AvgIpc) is 3.47. The zero-order valence-electron chi connectivity index (χ0n) is 21.2. The summed E-state index contributed by atoms with van der Waals surface area (Å²) in [5, 5.41) is 9.26. The van der Waals surface area contributed by atoms with E-state index in [1.807, 2.05) is 0 Å². The van der Waals surface area contributed by atoms with E-state index in [0.29, 0.717) is 6.42 Å². The van der Waals surface area contributed by atoms with E-state index in [2.05, 4.69) is 4.98 Å². The van der Waals surface area contributed by atoms with E-state index in [9.17, 15) is 35.9 Å². The van der Waals surface area contributed by atoms with Gasteiger partial charge in [0.25, 0.3) is 0 Å². The number of rotatable bonds is 10. The molecule has 12 heteroatoms. The molecule has 0 amide bonds. The summed E-state index contributed by atoms with van der Waals surface area (Å²) < 4.78 is 89.9. The first-order chi connectivity index (χ1) is 18.8. The molecule has 5 rings (SSSR count). The van der Waals surface area contributed by atoms with E-state index in [0.717, 1.165) is 29.5 Å². The van der Waals surface area contributed by atoms with E-state index in [1.54, 1.807) is 12.3 Å². The summed E-state index contributed by atoms with van der Waals surface area (Å²) in [6.07, 6.45) is -1.37. The number of aliphatic carboxylic acids is 1. The number of aromatic nitrogens is 1. The first kappa shape index (κ1) is 27.9. The number of hydrogen-bond donors (Lipinski definition) is 1. The van der Waals surface area contributed by atoms with Crippen molar-refractivity contribution in [2.24, 2.45) is 11.8 Å². The van der Waals surface area contributed by atoms with Crippen molar-refractivity contribution in [3.05, 3.63) is 76.7 Å². The van der Waals surface area contributed by atoms with Crippen molar-refractivity contribution in [3.8, 4) is 22.8 Å². The van der Waals surface area contributed by atoms with Crippen LogP contribution in [0, 0.1) is 17.7 Å². The first-order valence-electron chi connectivity index (χ1n) is 12.5. The Morgan fingerprint density at radius 2 is 1.90 bits per heavy atom. The van der Waals surface area contributed by atoms with Gasteiger partial charge in [-0.15, -0.1) is 0 Å². The van der Waals surface area contributed by atoms with Crippen molar-refractivity contribution in [1.82, 2.24) is 4.98 Å². The molecular weight excluding hydrogens is 554 g/mol. The normalized spacial score (nSPS) is 19.6. The highest BCUT2D eigenvalue weighted by molar-refractivity contribution is 7.90. The summed E-state index contributed by atoms with van der Waals surface area (Å²) in [4.78, 5) is 15.5. The summed E-state index contributed by atoms with van der Waals surface area (Å²) in [6, 6.07) is 8.70. The molecule has 0 radical (unpaired) electrons. The molecule has 1 saturated carbocycles. The van der Waals surface area contributed by atoms with Gasteiger partial charge in [-0.2, -0.15) is 13.2 Å². The number of nitrogens with zero attached hydrogens (tertiary/aromatic N) is 1. The molecule has 2 aliphatic rings. The number of hydrogen-bond acceptors (Lipinski definition) is 6. The molecular formula is C28H25F4NO6S. The number of carbonyl (C=O) groups is 1. The molecule has 1 heterocycles. The predicted molar refractivity (Wildman–Crippen MR) is 136 cm³/mol. The average molecular weight is 580 g/mol. The van der Waals surface area contributed by atoms with Crippen LogP contribution in [0.4, 0.5) is 17.6 Å². The van der Waals surface area contributed by atoms with Crippen LogP contribution in [-0.2, 0) is 33.8 Å². The molecule has 0 saturated heterocycles. The standard InChI is InChI=1S/C28H25F4NO6S/c1-40(36,37)8-2-7-38-18-4-5-19(22(12-18)28(30,31)32)15-3-6-23(29)17(9-15)14-39-24-11-16-10-20-25(21(16)13-33-24)26(20)27(34)35/h3-6,9,11-13,20,25-26H,2,7-8,10,14H2,1H3,(H,34,35). The van der Waals surface area contributed by atoms with Crippen molar-refractivity contribution in [2.45, 2.75) is 31.5 Å². The van der Waals surface area contributed by atoms with Gasteiger partial charge in [0.1, 0.15) is 28.0 Å². The molecule has 0 aliphatic heterocycles. The van der Waals surface area contributed by atoms with Gasteiger partial charge in [-0.3, -0.25) is 4.79 Å². The Morgan fingerprint density at radius 1 is 1.12 bits per heavy atom. The Kier molecular flexibility index (Phi) is 7.24. The van der Waals surface area contributed by atoms with Gasteiger partial charge in [0, 0.05) is 30.0 Å². The number of fused-ring (bicyclic) bond motifs is 3. The molecule has 3 atom stereocenters. The maximum Gasteiger partial charge on any atom is 0.417 e. The van der Waals surface area contributed by atoms with Gasteiger partial charge >= 0.3 is 12.1 Å². The third kappa shape index (κ3) is 5.91. The Morgan fingerprint density at radius 3 is 2.60 bits per heavy atom. The highest BCUT2D eigenvalue weighted by Gasteiger charge is 2.59. The minimum atomic E-state index is -4.73. The maximum absolute atomic E-state index is 14.6. The number of carboxylic acids is 1. The van der Waals surface area contributed by atoms with Gasteiger partial charge in [-0.05, 0) is 65.3 Å². The predicted octanol–water partition coefficient (Wildman–Crippen LogP) is 5.27. The Labute approximate surface area is 227 Å². The summed E-state index contributed by atoms with van der Waals surface area (Å²) in [6.45, 7) is -0.348. The van der Waals surface area contributed by atoms with Crippen LogP contribution in [0.1, 0.15) is 34.6 Å². The monoisotopic (exact) mass is 579 g/mol. The molecule has 0 spiro atoms. The number of ether oxygens (including phenoxy) is 2. The molecule has 7 nitrogen and oxygen atoms in total. The van der Waals surface area contributed by atoms with E-state index >= 15 is 0 Å². The van der Waals surface area contributed by atoms with E-state index in [4.69, 9.17) is 9.47 Å². The zero-order valence-corrected chi connectivity index (χ0v) is 22.1.